The van der Waals surface area contributed by atoms with E-state index in [1.807, 2.05) is 60.7 Å². The second kappa shape index (κ2) is 12.2. The minimum Gasteiger partial charge on any atom is -0.335 e. The molecule has 42 heavy (non-hydrogen) atoms. The molecule has 1 aliphatic carbocycles. The van der Waals surface area contributed by atoms with E-state index in [4.69, 9.17) is 0 Å². The average molecular weight is 558 g/mol. The van der Waals surface area contributed by atoms with Crippen molar-refractivity contribution in [2.45, 2.75) is 45.6 Å². The molecular weight excluding hydrogens is 518 g/mol. The summed E-state index contributed by atoms with van der Waals surface area (Å²) in [7, 11) is 0. The fourth-order valence-corrected chi connectivity index (χ4v) is 6.76. The molecule has 1 aliphatic heterocycles. The van der Waals surface area contributed by atoms with E-state index in [1.165, 1.54) is 27.8 Å². The Bertz CT molecular complexity index is 1620. The van der Waals surface area contributed by atoms with Gasteiger partial charge in [0.15, 0.2) is 0 Å². The van der Waals surface area contributed by atoms with Gasteiger partial charge in [-0.3, -0.25) is 4.79 Å². The number of carbonyl (C=O) groups is 2. The van der Waals surface area contributed by atoms with Crippen molar-refractivity contribution in [1.82, 2.24) is 9.80 Å². The second-order valence-electron chi connectivity index (χ2n) is 11.8. The van der Waals surface area contributed by atoms with Gasteiger partial charge in [-0.25, -0.2) is 4.79 Å². The van der Waals surface area contributed by atoms with Gasteiger partial charge in [0, 0.05) is 31.4 Å². The highest BCUT2D eigenvalue weighted by atomic mass is 16.2. The highest BCUT2D eigenvalue weighted by Gasteiger charge is 2.38. The molecule has 5 nitrogen and oxygen atoms in total. The van der Waals surface area contributed by atoms with Gasteiger partial charge in [0.1, 0.15) is 0 Å². The van der Waals surface area contributed by atoms with Crippen molar-refractivity contribution in [3.63, 3.8) is 0 Å². The Morgan fingerprint density at radius 1 is 0.881 bits per heavy atom. The fourth-order valence-electron chi connectivity index (χ4n) is 6.76. The maximum atomic E-state index is 13.9. The largest absolute Gasteiger partial charge is 0.335 e. The first-order valence-corrected chi connectivity index (χ1v) is 15.2. The van der Waals surface area contributed by atoms with Gasteiger partial charge in [0.05, 0.1) is 11.7 Å². The molecule has 0 saturated carbocycles. The summed E-state index contributed by atoms with van der Waals surface area (Å²) in [5, 5.41) is 5.23. The van der Waals surface area contributed by atoms with E-state index in [1.54, 1.807) is 4.90 Å². The molecule has 1 N–H and O–H groups in total. The van der Waals surface area contributed by atoms with E-state index in [0.29, 0.717) is 25.4 Å². The average Bonchev–Trinajstić information content (AvgIpc) is 3.39. The lowest BCUT2D eigenvalue weighted by atomic mass is 9.86. The summed E-state index contributed by atoms with van der Waals surface area (Å²) in [5.41, 5.74) is 7.53. The minimum atomic E-state index is -0.176. The second-order valence-corrected chi connectivity index (χ2v) is 11.8. The molecule has 0 saturated heterocycles. The van der Waals surface area contributed by atoms with E-state index in [0.717, 1.165) is 42.3 Å². The van der Waals surface area contributed by atoms with Crippen molar-refractivity contribution in [2.24, 2.45) is 5.92 Å². The van der Waals surface area contributed by atoms with E-state index in [2.05, 4.69) is 60.5 Å². The molecule has 0 spiro atoms. The summed E-state index contributed by atoms with van der Waals surface area (Å²) in [5.74, 6) is 0.441. The fraction of sp³-hybridized carbons (Fsp3) is 0.297. The summed E-state index contributed by atoms with van der Waals surface area (Å²) < 4.78 is 0. The maximum Gasteiger partial charge on any atom is 0.321 e. The first kappa shape index (κ1) is 27.8. The molecule has 6 rings (SSSR count). The molecule has 0 radical (unpaired) electrons. The van der Waals surface area contributed by atoms with Crippen LogP contribution in [0.15, 0.2) is 103 Å². The van der Waals surface area contributed by atoms with Gasteiger partial charge in [-0.05, 0) is 64.5 Å². The third-order valence-electron chi connectivity index (χ3n) is 8.79. The normalized spacial score (nSPS) is 16.0. The molecule has 1 heterocycles. The molecule has 0 aromatic heterocycles. The van der Waals surface area contributed by atoms with Gasteiger partial charge in [-0.1, -0.05) is 105 Å². The smallest absolute Gasteiger partial charge is 0.321 e. The zero-order valence-corrected chi connectivity index (χ0v) is 24.6. The van der Waals surface area contributed by atoms with Crippen LogP contribution < -0.4 is 5.32 Å². The zero-order chi connectivity index (χ0) is 29.1. The summed E-state index contributed by atoms with van der Waals surface area (Å²) >= 11 is 0. The number of hydrogen-bond acceptors (Lipinski definition) is 2. The number of anilines is 1. The SMILES string of the molecule is CC(C)C1C2=C(CCN1C(=O)CCN(CCc1ccccc1)C(=O)Nc1cccc3ccccc13)c1ccccc1C2. The number of benzene rings is 4. The molecule has 214 valence electrons. The number of carbonyl (C=O) groups excluding carboxylic acids is 2. The highest BCUT2D eigenvalue weighted by Crippen LogP contribution is 2.42. The lowest BCUT2D eigenvalue weighted by molar-refractivity contribution is -0.134. The lowest BCUT2D eigenvalue weighted by Gasteiger charge is -2.40. The van der Waals surface area contributed by atoms with Crippen LogP contribution in [0.1, 0.15) is 43.4 Å². The van der Waals surface area contributed by atoms with E-state index in [-0.39, 0.29) is 18.0 Å². The van der Waals surface area contributed by atoms with Gasteiger partial charge >= 0.3 is 6.03 Å². The van der Waals surface area contributed by atoms with Crippen molar-refractivity contribution >= 4 is 34.0 Å². The van der Waals surface area contributed by atoms with Gasteiger partial charge < -0.3 is 15.1 Å². The van der Waals surface area contributed by atoms with Crippen molar-refractivity contribution < 1.29 is 9.59 Å². The number of nitrogens with one attached hydrogen (secondary N) is 1. The predicted molar refractivity (Wildman–Crippen MR) is 171 cm³/mol. The summed E-state index contributed by atoms with van der Waals surface area (Å²) in [6, 6.07) is 32.8. The quantitative estimate of drug-likeness (QED) is 0.243. The number of rotatable bonds is 8. The van der Waals surface area contributed by atoms with E-state index < -0.39 is 0 Å². The molecule has 0 fully saturated rings. The predicted octanol–water partition coefficient (Wildman–Crippen LogP) is 7.57. The Morgan fingerprint density at radius 2 is 1.62 bits per heavy atom. The van der Waals surface area contributed by atoms with Crippen LogP contribution in [0, 0.1) is 5.92 Å². The summed E-state index contributed by atoms with van der Waals surface area (Å²) in [6.07, 6.45) is 2.84. The van der Waals surface area contributed by atoms with E-state index in [9.17, 15) is 9.59 Å². The van der Waals surface area contributed by atoms with Crippen LogP contribution in [0.3, 0.4) is 0 Å². The van der Waals surface area contributed by atoms with Crippen LogP contribution in [0.25, 0.3) is 16.3 Å². The summed E-state index contributed by atoms with van der Waals surface area (Å²) in [4.78, 5) is 31.4. The number of amides is 3. The first-order chi connectivity index (χ1) is 20.5. The van der Waals surface area contributed by atoms with Crippen LogP contribution in [0.4, 0.5) is 10.5 Å². The minimum absolute atomic E-state index is 0.0935. The number of fused-ring (bicyclic) bond motifs is 3. The molecule has 5 heteroatoms. The molecule has 4 aromatic carbocycles. The first-order valence-electron chi connectivity index (χ1n) is 15.2. The van der Waals surface area contributed by atoms with Crippen LogP contribution >= 0.6 is 0 Å². The Morgan fingerprint density at radius 3 is 2.45 bits per heavy atom. The maximum absolute atomic E-state index is 13.9. The Kier molecular flexibility index (Phi) is 8.09. The van der Waals surface area contributed by atoms with Gasteiger partial charge in [-0.15, -0.1) is 0 Å². The van der Waals surface area contributed by atoms with Crippen LogP contribution in [-0.2, 0) is 17.6 Å². The van der Waals surface area contributed by atoms with Gasteiger partial charge in [-0.2, -0.15) is 0 Å². The topological polar surface area (TPSA) is 52.7 Å². The molecule has 1 atom stereocenters. The molecule has 0 bridgehead atoms. The Labute approximate surface area is 248 Å². The number of urea groups is 1. The van der Waals surface area contributed by atoms with Crippen molar-refractivity contribution in [3.05, 3.63) is 119 Å². The summed E-state index contributed by atoms with van der Waals surface area (Å²) in [6.45, 7) is 6.06. The molecule has 1 unspecified atom stereocenters. The molecular formula is C37H39N3O2. The third kappa shape index (κ3) is 5.69. The Hall–Kier alpha value is -4.38. The molecule has 3 amide bonds. The van der Waals surface area contributed by atoms with Crippen molar-refractivity contribution in [3.8, 4) is 0 Å². The standard InChI is InChI=1S/C37H39N3O2/c1-26(2)36-33-25-29-14-7-8-16-30(29)32(33)20-24-40(36)35(41)21-23-39(22-19-27-11-4-3-5-12-27)37(42)38-34-18-10-15-28-13-6-9-17-31(28)34/h3-18,26,36H,19-25H2,1-2H3,(H,38,42). The highest BCUT2D eigenvalue weighted by molar-refractivity contribution is 6.01. The molecule has 4 aromatic rings. The van der Waals surface area contributed by atoms with Crippen LogP contribution in [0.5, 0.6) is 0 Å². The van der Waals surface area contributed by atoms with Crippen molar-refractivity contribution in [1.29, 1.82) is 0 Å². The van der Waals surface area contributed by atoms with Gasteiger partial charge in [0.2, 0.25) is 5.91 Å². The zero-order valence-electron chi connectivity index (χ0n) is 24.6. The van der Waals surface area contributed by atoms with Crippen molar-refractivity contribution in [2.75, 3.05) is 25.0 Å². The Balaban J connectivity index is 1.18. The van der Waals surface area contributed by atoms with Gasteiger partial charge in [0.25, 0.3) is 0 Å². The lowest BCUT2D eigenvalue weighted by Crippen LogP contribution is -2.48. The van der Waals surface area contributed by atoms with Crippen LogP contribution in [0.2, 0.25) is 0 Å². The molecule has 2 aliphatic rings. The van der Waals surface area contributed by atoms with Crippen LogP contribution in [-0.4, -0.2) is 47.4 Å². The number of hydrogen-bond donors (Lipinski definition) is 1. The third-order valence-corrected chi connectivity index (χ3v) is 8.79. The van der Waals surface area contributed by atoms with E-state index >= 15 is 0 Å². The monoisotopic (exact) mass is 557 g/mol. The number of nitrogens with zero attached hydrogens (tertiary/aromatic N) is 2.